The smallest absolute Gasteiger partial charge is 0.444 e. The lowest BCUT2D eigenvalue weighted by atomic mass is 9.61. The molecule has 1 aliphatic rings. The average molecular weight is 383 g/mol. The van der Waals surface area contributed by atoms with Crippen LogP contribution in [-0.4, -0.2) is 58.1 Å². The third-order valence-corrected chi connectivity index (χ3v) is 2.56. The normalized spacial score (nSPS) is 18.4. The van der Waals surface area contributed by atoms with E-state index in [1.165, 1.54) is 0 Å². The predicted molar refractivity (Wildman–Crippen MR) is 53.4 cm³/mol. The van der Waals surface area contributed by atoms with Gasteiger partial charge in [-0.05, 0) is 0 Å². The molecule has 0 unspecified atom stereocenters. The van der Waals surface area contributed by atoms with Crippen LogP contribution in [0.15, 0.2) is 0 Å². The molecule has 1 aliphatic heterocycles. The average Bonchev–Trinajstić information content (AvgIpc) is 2.46. The second kappa shape index (κ2) is 6.86. The highest BCUT2D eigenvalue weighted by Gasteiger charge is 2.72. The number of halogens is 12. The van der Waals surface area contributed by atoms with E-state index >= 15 is 0 Å². The lowest BCUT2D eigenvalue weighted by Crippen LogP contribution is -2.68. The van der Waals surface area contributed by atoms with Crippen LogP contribution in [0, 0.1) is 0 Å². The first-order valence-electron chi connectivity index (χ1n) is 5.59. The summed E-state index contributed by atoms with van der Waals surface area (Å²) in [6.07, 6.45) is -14.2. The molecule has 0 amide bonds. The zero-order valence-corrected chi connectivity index (χ0v) is 10.7. The van der Waals surface area contributed by atoms with Gasteiger partial charge in [0.1, 0.15) is 0 Å². The highest BCUT2D eigenvalue weighted by atomic mass is 19.3. The number of alkyl halides is 12. The SMILES string of the molecule is FC(F)C(F)(F)B1OB(C(F)(F)C(F)F)OB(C(F)(F)C(F)F)O1. The fourth-order valence-corrected chi connectivity index (χ4v) is 1.29. The molecule has 0 N–H and O–H groups in total. The second-order valence-electron chi connectivity index (χ2n) is 4.33. The summed E-state index contributed by atoms with van der Waals surface area (Å²) in [6, 6.07) is 0. The predicted octanol–water partition coefficient (Wildman–Crippen LogP) is 2.83. The van der Waals surface area contributed by atoms with Crippen molar-refractivity contribution in [1.82, 2.24) is 0 Å². The molecule has 1 saturated heterocycles. The van der Waals surface area contributed by atoms with Crippen LogP contribution in [0.1, 0.15) is 0 Å². The molecule has 138 valence electrons. The zero-order valence-electron chi connectivity index (χ0n) is 10.7. The van der Waals surface area contributed by atoms with Crippen molar-refractivity contribution in [2.24, 2.45) is 0 Å². The van der Waals surface area contributed by atoms with E-state index in [0.29, 0.717) is 0 Å². The fraction of sp³-hybridized carbons (Fsp3) is 1.00. The van der Waals surface area contributed by atoms with Gasteiger partial charge in [-0.2, -0.15) is 0 Å². The highest BCUT2D eigenvalue weighted by molar-refractivity contribution is 6.76. The maximum Gasteiger partial charge on any atom is 0.514 e. The minimum absolute atomic E-state index is 3.36. The third-order valence-electron chi connectivity index (χ3n) is 2.56. The molecule has 0 aromatic rings. The van der Waals surface area contributed by atoms with Crippen molar-refractivity contribution in [2.75, 3.05) is 0 Å². The Labute approximate surface area is 126 Å². The van der Waals surface area contributed by atoms with Crippen LogP contribution in [0.5, 0.6) is 0 Å². The largest absolute Gasteiger partial charge is 0.514 e. The van der Waals surface area contributed by atoms with Gasteiger partial charge in [-0.25, -0.2) is 52.7 Å². The van der Waals surface area contributed by atoms with Crippen LogP contribution in [0.4, 0.5) is 52.7 Å². The topological polar surface area (TPSA) is 27.7 Å². The molecule has 0 radical (unpaired) electrons. The molecule has 1 fully saturated rings. The van der Waals surface area contributed by atoms with Gasteiger partial charge in [0.25, 0.3) is 19.3 Å². The summed E-state index contributed by atoms with van der Waals surface area (Å²) < 4.78 is 161. The molecule has 0 aromatic heterocycles. The number of rotatable bonds is 6. The molecule has 24 heavy (non-hydrogen) atoms. The van der Waals surface area contributed by atoms with Crippen LogP contribution in [0.25, 0.3) is 0 Å². The van der Waals surface area contributed by atoms with Gasteiger partial charge in [-0.1, -0.05) is 0 Å². The van der Waals surface area contributed by atoms with Gasteiger partial charge in [0.15, 0.2) is 0 Å². The van der Waals surface area contributed by atoms with E-state index < -0.39 is 58.1 Å². The Morgan fingerprint density at radius 1 is 0.458 bits per heavy atom. The quantitative estimate of drug-likeness (QED) is 0.521. The summed E-state index contributed by atoms with van der Waals surface area (Å²) in [7, 11) is -11.9. The summed E-state index contributed by atoms with van der Waals surface area (Å²) in [5, 5.41) is 0. The van der Waals surface area contributed by atoms with Crippen LogP contribution < -0.4 is 0 Å². The Morgan fingerprint density at radius 2 is 0.625 bits per heavy atom. The van der Waals surface area contributed by atoms with Crippen LogP contribution in [0.2, 0.25) is 0 Å². The van der Waals surface area contributed by atoms with Crippen LogP contribution in [-0.2, 0) is 13.7 Å². The number of hydrogen-bond donors (Lipinski definition) is 0. The van der Waals surface area contributed by atoms with E-state index in [1.807, 2.05) is 0 Å². The summed E-state index contributed by atoms with van der Waals surface area (Å²) in [5.41, 5.74) is 0. The Balaban J connectivity index is 3.22. The van der Waals surface area contributed by atoms with Crippen molar-refractivity contribution in [3.63, 3.8) is 0 Å². The maximum absolute atomic E-state index is 13.0. The molecular weight excluding hydrogens is 380 g/mol. The summed E-state index contributed by atoms with van der Waals surface area (Å²) >= 11 is 0. The Bertz CT molecular complexity index is 368. The molecule has 1 heterocycles. The second-order valence-corrected chi connectivity index (χ2v) is 4.33. The molecule has 0 aromatic carbocycles. The van der Waals surface area contributed by atoms with E-state index in [4.69, 9.17) is 0 Å². The van der Waals surface area contributed by atoms with Crippen LogP contribution >= 0.6 is 0 Å². The van der Waals surface area contributed by atoms with Gasteiger partial charge in [0.05, 0.1) is 0 Å². The molecule has 0 spiro atoms. The molecule has 1 rings (SSSR count). The van der Waals surface area contributed by atoms with Gasteiger partial charge in [-0.3, -0.25) is 0 Å². The van der Waals surface area contributed by atoms with Crippen molar-refractivity contribution >= 4 is 21.4 Å². The van der Waals surface area contributed by atoms with Crippen molar-refractivity contribution in [2.45, 2.75) is 36.7 Å². The van der Waals surface area contributed by atoms with E-state index in [1.54, 1.807) is 0 Å². The molecule has 3 nitrogen and oxygen atoms in total. The minimum atomic E-state index is -5.57. The first kappa shape index (κ1) is 21.3. The monoisotopic (exact) mass is 384 g/mol. The summed E-state index contributed by atoms with van der Waals surface area (Å²) in [5.74, 6) is -16.7. The number of hydrogen-bond acceptors (Lipinski definition) is 3. The minimum Gasteiger partial charge on any atom is -0.444 e. The van der Waals surface area contributed by atoms with Gasteiger partial charge in [-0.15, -0.1) is 0 Å². The van der Waals surface area contributed by atoms with E-state index in [2.05, 4.69) is 13.7 Å². The molecule has 18 heteroatoms. The van der Waals surface area contributed by atoms with E-state index in [0.717, 1.165) is 0 Å². The van der Waals surface area contributed by atoms with Gasteiger partial charge in [0, 0.05) is 0 Å². The summed E-state index contributed by atoms with van der Waals surface area (Å²) in [4.78, 5) is 0. The van der Waals surface area contributed by atoms with Gasteiger partial charge in [0.2, 0.25) is 0 Å². The Kier molecular flexibility index (Phi) is 6.08. The summed E-state index contributed by atoms with van der Waals surface area (Å²) in [6.45, 7) is 0. The molecule has 0 saturated carbocycles. The molecule has 0 aliphatic carbocycles. The van der Waals surface area contributed by atoms with Crippen molar-refractivity contribution in [1.29, 1.82) is 0 Å². The fourth-order valence-electron chi connectivity index (χ4n) is 1.29. The highest BCUT2D eigenvalue weighted by Crippen LogP contribution is 2.39. The van der Waals surface area contributed by atoms with E-state index in [9.17, 15) is 52.7 Å². The van der Waals surface area contributed by atoms with Gasteiger partial charge >= 0.3 is 38.8 Å². The van der Waals surface area contributed by atoms with Crippen LogP contribution in [0.3, 0.4) is 0 Å². The van der Waals surface area contributed by atoms with Crippen molar-refractivity contribution in [3.8, 4) is 0 Å². The molecule has 0 bridgehead atoms. The molecule has 0 atom stereocenters. The standard InChI is InChI=1S/C6H3B3F12O3/c10-1(11)4(16,17)7-22-8(5(18,19)2(12)13)24-9(23-7)6(20,21)3(14)15/h1-3H. The maximum atomic E-state index is 13.0. The Morgan fingerprint density at radius 3 is 0.750 bits per heavy atom. The first-order chi connectivity index (χ1) is 10.6. The zero-order chi connectivity index (χ0) is 19.1. The lowest BCUT2D eigenvalue weighted by Gasteiger charge is -2.37. The Hall–Kier alpha value is -0.765. The molecular formula is C6H3B3F12O3. The first-order valence-corrected chi connectivity index (χ1v) is 5.59. The lowest BCUT2D eigenvalue weighted by molar-refractivity contribution is -0.116. The van der Waals surface area contributed by atoms with Crippen molar-refractivity contribution in [3.05, 3.63) is 0 Å². The third kappa shape index (κ3) is 3.90. The van der Waals surface area contributed by atoms with Gasteiger partial charge < -0.3 is 13.7 Å². The van der Waals surface area contributed by atoms with E-state index in [-0.39, 0.29) is 0 Å². The van der Waals surface area contributed by atoms with Crippen molar-refractivity contribution < 1.29 is 66.4 Å².